The fourth-order valence-electron chi connectivity index (χ4n) is 0.931. The standard InChI is InChI=1S/C8H8BrNO2/c1-6(9)5-10-4-2-3-7(10)8(11)12/h2-4H,1,5H2,(H,11,12). The quantitative estimate of drug-likeness (QED) is 0.863. The second kappa shape index (κ2) is 3.58. The topological polar surface area (TPSA) is 42.2 Å². The van der Waals surface area contributed by atoms with Gasteiger partial charge in [-0.2, -0.15) is 0 Å². The van der Waals surface area contributed by atoms with Gasteiger partial charge in [0.05, 0.1) is 6.54 Å². The number of halogens is 1. The van der Waals surface area contributed by atoms with E-state index in [-0.39, 0.29) is 5.69 Å². The zero-order valence-electron chi connectivity index (χ0n) is 6.33. The number of aromatic nitrogens is 1. The molecule has 64 valence electrons. The van der Waals surface area contributed by atoms with Crippen LogP contribution in [-0.4, -0.2) is 15.6 Å². The number of hydrogen-bond acceptors (Lipinski definition) is 1. The molecule has 1 heterocycles. The molecule has 1 aromatic heterocycles. The third kappa shape index (κ3) is 1.98. The summed E-state index contributed by atoms with van der Waals surface area (Å²) in [5, 5.41) is 8.70. The Bertz CT molecular complexity index is 317. The van der Waals surface area contributed by atoms with Crippen LogP contribution in [0.3, 0.4) is 0 Å². The summed E-state index contributed by atoms with van der Waals surface area (Å²) in [6.45, 7) is 4.11. The van der Waals surface area contributed by atoms with Crippen molar-refractivity contribution < 1.29 is 9.90 Å². The third-order valence-electron chi connectivity index (χ3n) is 1.39. The minimum absolute atomic E-state index is 0.274. The largest absolute Gasteiger partial charge is 0.477 e. The average Bonchev–Trinajstić information content (AvgIpc) is 2.33. The molecule has 0 aromatic carbocycles. The van der Waals surface area contributed by atoms with Crippen LogP contribution >= 0.6 is 15.9 Å². The van der Waals surface area contributed by atoms with Crippen LogP contribution < -0.4 is 0 Å². The van der Waals surface area contributed by atoms with E-state index in [1.807, 2.05) is 0 Å². The van der Waals surface area contributed by atoms with Crippen LogP contribution in [0.4, 0.5) is 0 Å². The number of allylic oxidation sites excluding steroid dienone is 1. The van der Waals surface area contributed by atoms with Gasteiger partial charge in [-0.15, -0.1) is 0 Å². The van der Waals surface area contributed by atoms with Gasteiger partial charge >= 0.3 is 5.97 Å². The van der Waals surface area contributed by atoms with E-state index < -0.39 is 5.97 Å². The van der Waals surface area contributed by atoms with Gasteiger partial charge in [0.25, 0.3) is 0 Å². The molecule has 0 amide bonds. The summed E-state index contributed by atoms with van der Waals surface area (Å²) in [6.07, 6.45) is 1.70. The summed E-state index contributed by atoms with van der Waals surface area (Å²) in [7, 11) is 0. The molecule has 0 aliphatic heterocycles. The molecule has 0 fully saturated rings. The first kappa shape index (κ1) is 9.06. The molecular weight excluding hydrogens is 222 g/mol. The van der Waals surface area contributed by atoms with Gasteiger partial charge in [-0.3, -0.25) is 0 Å². The molecular formula is C8H8BrNO2. The first-order valence-corrected chi connectivity index (χ1v) is 4.12. The van der Waals surface area contributed by atoms with Crippen molar-refractivity contribution in [3.63, 3.8) is 0 Å². The van der Waals surface area contributed by atoms with Crippen molar-refractivity contribution in [3.05, 3.63) is 35.1 Å². The minimum Gasteiger partial charge on any atom is -0.477 e. The van der Waals surface area contributed by atoms with E-state index in [0.717, 1.165) is 4.48 Å². The Balaban J connectivity index is 2.91. The van der Waals surface area contributed by atoms with Gasteiger partial charge in [0.15, 0.2) is 0 Å². The lowest BCUT2D eigenvalue weighted by atomic mass is 10.4. The number of rotatable bonds is 3. The van der Waals surface area contributed by atoms with Crippen molar-refractivity contribution in [1.29, 1.82) is 0 Å². The molecule has 1 rings (SSSR count). The van der Waals surface area contributed by atoms with Crippen molar-refractivity contribution in [1.82, 2.24) is 4.57 Å². The Morgan fingerprint density at radius 2 is 2.42 bits per heavy atom. The van der Waals surface area contributed by atoms with Gasteiger partial charge < -0.3 is 9.67 Å². The number of aromatic carboxylic acids is 1. The Kier molecular flexibility index (Phi) is 2.70. The number of carboxylic acids is 1. The summed E-state index contributed by atoms with van der Waals surface area (Å²) < 4.78 is 2.36. The first-order chi connectivity index (χ1) is 5.61. The number of nitrogens with zero attached hydrogens (tertiary/aromatic N) is 1. The summed E-state index contributed by atoms with van der Waals surface area (Å²) >= 11 is 3.17. The minimum atomic E-state index is -0.922. The van der Waals surface area contributed by atoms with E-state index in [4.69, 9.17) is 5.11 Å². The molecule has 0 aliphatic carbocycles. The van der Waals surface area contributed by atoms with Crippen LogP contribution in [0.15, 0.2) is 29.4 Å². The molecule has 12 heavy (non-hydrogen) atoms. The monoisotopic (exact) mass is 229 g/mol. The van der Waals surface area contributed by atoms with Gasteiger partial charge in [-0.05, 0) is 12.1 Å². The average molecular weight is 230 g/mol. The normalized spacial score (nSPS) is 9.75. The molecule has 0 aliphatic rings. The molecule has 0 atom stereocenters. The Morgan fingerprint density at radius 3 is 2.92 bits per heavy atom. The smallest absolute Gasteiger partial charge is 0.352 e. The summed E-state index contributed by atoms with van der Waals surface area (Å²) in [4.78, 5) is 10.6. The van der Waals surface area contributed by atoms with E-state index >= 15 is 0 Å². The molecule has 0 unspecified atom stereocenters. The fraction of sp³-hybridized carbons (Fsp3) is 0.125. The van der Waals surface area contributed by atoms with Gasteiger partial charge in [0.2, 0.25) is 0 Å². The van der Waals surface area contributed by atoms with Crippen LogP contribution in [0, 0.1) is 0 Å². The lowest BCUT2D eigenvalue weighted by molar-refractivity contribution is 0.0686. The van der Waals surface area contributed by atoms with E-state index in [0.29, 0.717) is 6.54 Å². The maximum absolute atomic E-state index is 10.6. The summed E-state index contributed by atoms with van der Waals surface area (Å²) in [5.74, 6) is -0.922. The highest BCUT2D eigenvalue weighted by atomic mass is 79.9. The predicted molar refractivity (Wildman–Crippen MR) is 49.5 cm³/mol. The van der Waals surface area contributed by atoms with Crippen LogP contribution in [0.2, 0.25) is 0 Å². The maximum Gasteiger partial charge on any atom is 0.352 e. The van der Waals surface area contributed by atoms with Crippen molar-refractivity contribution in [2.24, 2.45) is 0 Å². The Labute approximate surface area is 78.4 Å². The second-order valence-corrected chi connectivity index (χ2v) is 3.47. The van der Waals surface area contributed by atoms with Gasteiger partial charge in [-0.1, -0.05) is 22.5 Å². The lowest BCUT2D eigenvalue weighted by Crippen LogP contribution is -2.07. The summed E-state index contributed by atoms with van der Waals surface area (Å²) in [6, 6.07) is 3.25. The van der Waals surface area contributed by atoms with Crippen LogP contribution in [-0.2, 0) is 6.54 Å². The SMILES string of the molecule is C=C(Br)Cn1cccc1C(=O)O. The van der Waals surface area contributed by atoms with E-state index in [1.165, 1.54) is 0 Å². The number of carboxylic acid groups (broad SMARTS) is 1. The molecule has 0 bridgehead atoms. The van der Waals surface area contributed by atoms with Crippen LogP contribution in [0.5, 0.6) is 0 Å². The van der Waals surface area contributed by atoms with E-state index in [9.17, 15) is 4.79 Å². The van der Waals surface area contributed by atoms with Gasteiger partial charge in [0.1, 0.15) is 5.69 Å². The Morgan fingerprint density at radius 1 is 1.75 bits per heavy atom. The summed E-state index contributed by atoms with van der Waals surface area (Å²) in [5.41, 5.74) is 0.274. The molecule has 1 aromatic rings. The van der Waals surface area contributed by atoms with Crippen LogP contribution in [0.1, 0.15) is 10.5 Å². The van der Waals surface area contributed by atoms with E-state index in [2.05, 4.69) is 22.5 Å². The molecule has 0 radical (unpaired) electrons. The van der Waals surface area contributed by atoms with E-state index in [1.54, 1.807) is 22.9 Å². The molecule has 3 nitrogen and oxygen atoms in total. The second-order valence-electron chi connectivity index (χ2n) is 2.34. The molecule has 4 heteroatoms. The Hall–Kier alpha value is -1.03. The first-order valence-electron chi connectivity index (χ1n) is 3.33. The van der Waals surface area contributed by atoms with Crippen molar-refractivity contribution in [2.45, 2.75) is 6.54 Å². The highest BCUT2D eigenvalue weighted by molar-refractivity contribution is 9.11. The number of hydrogen-bond donors (Lipinski definition) is 1. The molecule has 0 saturated heterocycles. The predicted octanol–water partition coefficient (Wildman–Crippen LogP) is 2.09. The zero-order valence-corrected chi connectivity index (χ0v) is 7.91. The third-order valence-corrected chi connectivity index (χ3v) is 1.64. The fourth-order valence-corrected chi connectivity index (χ4v) is 1.20. The number of carbonyl (C=O) groups is 1. The van der Waals surface area contributed by atoms with Crippen molar-refractivity contribution >= 4 is 21.9 Å². The molecule has 1 N–H and O–H groups in total. The highest BCUT2D eigenvalue weighted by Crippen LogP contribution is 2.09. The lowest BCUT2D eigenvalue weighted by Gasteiger charge is -2.03. The van der Waals surface area contributed by atoms with Gasteiger partial charge in [-0.25, -0.2) is 4.79 Å². The molecule has 0 spiro atoms. The van der Waals surface area contributed by atoms with Crippen molar-refractivity contribution in [2.75, 3.05) is 0 Å². The van der Waals surface area contributed by atoms with Gasteiger partial charge in [0, 0.05) is 10.7 Å². The van der Waals surface area contributed by atoms with Crippen LogP contribution in [0.25, 0.3) is 0 Å². The van der Waals surface area contributed by atoms with Crippen molar-refractivity contribution in [3.8, 4) is 0 Å². The molecule has 0 saturated carbocycles. The maximum atomic E-state index is 10.6. The zero-order chi connectivity index (χ0) is 9.14. The highest BCUT2D eigenvalue weighted by Gasteiger charge is 2.07.